The van der Waals surface area contributed by atoms with Crippen molar-refractivity contribution in [2.24, 2.45) is 10.9 Å². The third-order valence-electron chi connectivity index (χ3n) is 2.99. The molecular weight excluding hydrogens is 294 g/mol. The van der Waals surface area contributed by atoms with Crippen molar-refractivity contribution in [3.05, 3.63) is 28.9 Å². The first kappa shape index (κ1) is 17.5. The van der Waals surface area contributed by atoms with E-state index >= 15 is 0 Å². The number of aliphatic hydroxyl groups is 1. The monoisotopic (exact) mass is 313 g/mol. The van der Waals surface area contributed by atoms with Crippen molar-refractivity contribution in [1.29, 1.82) is 0 Å². The average Bonchev–Trinajstić information content (AvgIpc) is 2.47. The van der Waals surface area contributed by atoms with Gasteiger partial charge in [0.2, 0.25) is 0 Å². The van der Waals surface area contributed by atoms with E-state index in [0.717, 1.165) is 12.2 Å². The fourth-order valence-corrected chi connectivity index (χ4v) is 2.74. The van der Waals surface area contributed by atoms with Gasteiger partial charge in [-0.05, 0) is 29.5 Å². The smallest absolute Gasteiger partial charge is 0.337 e. The first-order valence-corrected chi connectivity index (χ1v) is 7.67. The van der Waals surface area contributed by atoms with Crippen molar-refractivity contribution < 1.29 is 15.0 Å². The van der Waals surface area contributed by atoms with Crippen LogP contribution in [0.25, 0.3) is 0 Å². The topological polar surface area (TPSA) is 126 Å². The number of pyridine rings is 1. The molecule has 1 heterocycles. The van der Waals surface area contributed by atoms with Crippen molar-refractivity contribution in [1.82, 2.24) is 4.98 Å². The molecule has 0 bridgehead atoms. The van der Waals surface area contributed by atoms with Crippen LogP contribution < -0.4 is 5.73 Å². The normalized spacial score (nSPS) is 15.2. The Bertz CT molecular complexity index is 500. The number of thioether (sulfide) groups is 1. The lowest BCUT2D eigenvalue weighted by atomic mass is 9.90. The Kier molecular flexibility index (Phi) is 6.73. The summed E-state index contributed by atoms with van der Waals surface area (Å²) in [6.07, 6.45) is 2.00. The number of hydrogen-bond acceptors (Lipinski definition) is 7. The van der Waals surface area contributed by atoms with Crippen LogP contribution in [-0.4, -0.2) is 44.3 Å². The molecule has 1 rings (SSSR count). The Labute approximate surface area is 126 Å². The van der Waals surface area contributed by atoms with Crippen molar-refractivity contribution >= 4 is 23.4 Å². The second-order valence-corrected chi connectivity index (χ2v) is 5.83. The van der Waals surface area contributed by atoms with E-state index < -0.39 is 17.6 Å². The Balaban J connectivity index is 2.88. The third kappa shape index (κ3) is 4.76. The Morgan fingerprint density at radius 3 is 2.90 bits per heavy atom. The number of nitroso groups, excluding NO2 is 1. The lowest BCUT2D eigenvalue weighted by Gasteiger charge is -2.29. The van der Waals surface area contributed by atoms with Crippen molar-refractivity contribution in [3.63, 3.8) is 0 Å². The summed E-state index contributed by atoms with van der Waals surface area (Å²) in [6.45, 7) is 2.00. The van der Waals surface area contributed by atoms with E-state index in [2.05, 4.69) is 10.2 Å². The summed E-state index contributed by atoms with van der Waals surface area (Å²) in [5.41, 5.74) is 4.10. The van der Waals surface area contributed by atoms with Gasteiger partial charge in [-0.3, -0.25) is 4.98 Å². The van der Waals surface area contributed by atoms with Gasteiger partial charge in [-0.15, -0.1) is 4.91 Å². The summed E-state index contributed by atoms with van der Waals surface area (Å²) < 4.78 is 0. The number of carboxylic acids is 1. The minimum atomic E-state index is -2.13. The van der Waals surface area contributed by atoms with E-state index in [4.69, 9.17) is 5.73 Å². The lowest BCUT2D eigenvalue weighted by molar-refractivity contribution is -0.160. The molecule has 0 fully saturated rings. The Hall–Kier alpha value is -1.51. The number of carboxylic acid groups (broad SMARTS) is 1. The molecule has 0 spiro atoms. The molecule has 1 aromatic heterocycles. The fraction of sp³-hybridized carbons (Fsp3) is 0.538. The summed E-state index contributed by atoms with van der Waals surface area (Å²) in [4.78, 5) is 25.8. The highest BCUT2D eigenvalue weighted by molar-refractivity contribution is 7.99. The Morgan fingerprint density at radius 1 is 1.62 bits per heavy atom. The number of aromatic nitrogens is 1. The predicted octanol–water partition coefficient (Wildman–Crippen LogP) is 1.31. The molecule has 0 aliphatic heterocycles. The second-order valence-electron chi connectivity index (χ2n) is 4.68. The van der Waals surface area contributed by atoms with Crippen molar-refractivity contribution in [3.8, 4) is 0 Å². The molecule has 116 valence electrons. The maximum atomic E-state index is 11.4. The molecule has 4 N–H and O–H groups in total. The molecule has 0 amide bonds. The molecule has 8 heteroatoms. The molecule has 1 aromatic rings. The van der Waals surface area contributed by atoms with E-state index in [0.29, 0.717) is 5.75 Å². The molecule has 0 unspecified atom stereocenters. The van der Waals surface area contributed by atoms with Crippen molar-refractivity contribution in [2.75, 3.05) is 11.5 Å². The number of nitrogens with two attached hydrogens (primary N) is 1. The number of aliphatic carboxylic acids is 1. The van der Waals surface area contributed by atoms with Crippen LogP contribution >= 0.6 is 11.8 Å². The number of hydrogen-bond donors (Lipinski definition) is 3. The van der Waals surface area contributed by atoms with Crippen LogP contribution in [0.5, 0.6) is 0 Å². The summed E-state index contributed by atoms with van der Waals surface area (Å²) in [5.74, 6) is -0.243. The van der Waals surface area contributed by atoms with Gasteiger partial charge in [0.15, 0.2) is 5.60 Å². The first-order chi connectivity index (χ1) is 9.93. The van der Waals surface area contributed by atoms with Crippen LogP contribution in [0.3, 0.4) is 0 Å². The maximum absolute atomic E-state index is 11.4. The molecular formula is C13H19N3O4S. The highest BCUT2D eigenvalue weighted by Crippen LogP contribution is 2.21. The van der Waals surface area contributed by atoms with Gasteiger partial charge in [0.25, 0.3) is 0 Å². The van der Waals surface area contributed by atoms with E-state index in [9.17, 15) is 19.9 Å². The second kappa shape index (κ2) is 8.06. The third-order valence-corrected chi connectivity index (χ3v) is 4.28. The zero-order valence-corrected chi connectivity index (χ0v) is 12.5. The zero-order chi connectivity index (χ0) is 15.9. The van der Waals surface area contributed by atoms with Crippen LogP contribution in [0.15, 0.2) is 23.5 Å². The van der Waals surface area contributed by atoms with Gasteiger partial charge in [0, 0.05) is 24.1 Å². The number of rotatable bonds is 9. The molecule has 2 atom stereocenters. The average molecular weight is 313 g/mol. The summed E-state index contributed by atoms with van der Waals surface area (Å²) in [5, 5.41) is 22.4. The van der Waals surface area contributed by atoms with E-state index in [1.165, 1.54) is 30.1 Å². The molecule has 0 aliphatic carbocycles. The van der Waals surface area contributed by atoms with E-state index in [1.54, 1.807) is 0 Å². The fourth-order valence-electron chi connectivity index (χ4n) is 1.75. The minimum absolute atomic E-state index is 0.127. The lowest BCUT2D eigenvalue weighted by Crippen LogP contribution is -2.57. The van der Waals surface area contributed by atoms with Crippen LogP contribution in [0.1, 0.15) is 19.0 Å². The van der Waals surface area contributed by atoms with Crippen molar-refractivity contribution in [2.45, 2.75) is 31.4 Å². The first-order valence-electron chi connectivity index (χ1n) is 6.51. The van der Waals surface area contributed by atoms with E-state index in [1.807, 2.05) is 6.92 Å². The van der Waals surface area contributed by atoms with Gasteiger partial charge >= 0.3 is 5.97 Å². The SMILES string of the molecule is CCCSC[C@H](N)[C@](O)(Cc1cc(N=O)ccn1)C(=O)O. The standard InChI is InChI=1S/C13H19N3O4S/c1-2-5-21-8-11(14)13(19,12(17)18)7-10-6-9(16-20)3-4-15-10/h3-4,6,11,19H,2,5,7-8,14H2,1H3,(H,17,18)/t11-,13+/m0/s1. The number of carbonyl (C=O) groups is 1. The predicted molar refractivity (Wildman–Crippen MR) is 81.6 cm³/mol. The molecule has 0 saturated carbocycles. The van der Waals surface area contributed by atoms with Crippen LogP contribution in [0, 0.1) is 4.91 Å². The van der Waals surface area contributed by atoms with Crippen LogP contribution in [-0.2, 0) is 11.2 Å². The summed E-state index contributed by atoms with van der Waals surface area (Å²) in [6, 6.07) is 1.79. The van der Waals surface area contributed by atoms with Gasteiger partial charge in [-0.2, -0.15) is 11.8 Å². The number of nitrogens with zero attached hydrogens (tertiary/aromatic N) is 2. The van der Waals surface area contributed by atoms with Gasteiger partial charge < -0.3 is 15.9 Å². The van der Waals surface area contributed by atoms with Crippen LogP contribution in [0.4, 0.5) is 5.69 Å². The summed E-state index contributed by atoms with van der Waals surface area (Å²) in [7, 11) is 0. The van der Waals surface area contributed by atoms with Gasteiger partial charge in [0.1, 0.15) is 5.69 Å². The molecule has 0 saturated heterocycles. The van der Waals surface area contributed by atoms with Gasteiger partial charge in [-0.25, -0.2) is 4.79 Å². The minimum Gasteiger partial charge on any atom is -0.479 e. The molecule has 21 heavy (non-hydrogen) atoms. The molecule has 7 nitrogen and oxygen atoms in total. The summed E-state index contributed by atoms with van der Waals surface area (Å²) >= 11 is 1.49. The van der Waals surface area contributed by atoms with Crippen LogP contribution in [0.2, 0.25) is 0 Å². The molecule has 0 aliphatic rings. The molecule has 0 aromatic carbocycles. The highest BCUT2D eigenvalue weighted by atomic mass is 32.2. The quantitative estimate of drug-likeness (QED) is 0.463. The van der Waals surface area contributed by atoms with E-state index in [-0.39, 0.29) is 17.8 Å². The zero-order valence-electron chi connectivity index (χ0n) is 11.7. The van der Waals surface area contributed by atoms with Gasteiger partial charge in [-0.1, -0.05) is 6.92 Å². The Morgan fingerprint density at radius 2 is 2.33 bits per heavy atom. The maximum Gasteiger partial charge on any atom is 0.337 e. The largest absolute Gasteiger partial charge is 0.479 e. The highest BCUT2D eigenvalue weighted by Gasteiger charge is 2.42. The molecule has 0 radical (unpaired) electrons. The van der Waals surface area contributed by atoms with Gasteiger partial charge in [0.05, 0.1) is 6.04 Å².